The second-order valence-corrected chi connectivity index (χ2v) is 7.40. The van der Waals surface area contributed by atoms with Crippen molar-refractivity contribution in [3.05, 3.63) is 53.6 Å². The van der Waals surface area contributed by atoms with Crippen molar-refractivity contribution in [2.45, 2.75) is 19.3 Å². The van der Waals surface area contributed by atoms with Crippen molar-refractivity contribution in [3.63, 3.8) is 0 Å². The number of halogens is 1. The predicted molar refractivity (Wildman–Crippen MR) is 108 cm³/mol. The summed E-state index contributed by atoms with van der Waals surface area (Å²) in [6.07, 6.45) is 3.11. The van der Waals surface area contributed by atoms with Crippen molar-refractivity contribution in [2.24, 2.45) is 0 Å². The molecule has 1 saturated heterocycles. The van der Waals surface area contributed by atoms with Gasteiger partial charge in [0.15, 0.2) is 0 Å². The highest BCUT2D eigenvalue weighted by Gasteiger charge is 2.27. The Balaban J connectivity index is 1.54. The molecule has 0 N–H and O–H groups in total. The van der Waals surface area contributed by atoms with Crippen LogP contribution in [0.15, 0.2) is 48.5 Å². The third-order valence-electron chi connectivity index (χ3n) is 5.27. The van der Waals surface area contributed by atoms with E-state index in [9.17, 15) is 4.79 Å². The maximum absolute atomic E-state index is 12.9. The molecule has 136 valence electrons. The molecule has 4 nitrogen and oxygen atoms in total. The minimum absolute atomic E-state index is 0.218. The van der Waals surface area contributed by atoms with Gasteiger partial charge in [-0.1, -0.05) is 29.8 Å². The molecule has 0 bridgehead atoms. The maximum Gasteiger partial charge on any atom is 0.228 e. The van der Waals surface area contributed by atoms with Gasteiger partial charge in [-0.15, -0.1) is 0 Å². The van der Waals surface area contributed by atoms with Gasteiger partial charge in [0.25, 0.3) is 0 Å². The Hall–Kier alpha value is -2.04. The van der Waals surface area contributed by atoms with Gasteiger partial charge in [0.2, 0.25) is 5.91 Å². The van der Waals surface area contributed by atoms with E-state index in [1.165, 1.54) is 12.8 Å². The van der Waals surface area contributed by atoms with Crippen molar-refractivity contribution >= 4 is 34.6 Å². The van der Waals surface area contributed by atoms with Crippen LogP contribution in [-0.4, -0.2) is 43.5 Å². The van der Waals surface area contributed by atoms with E-state index in [1.807, 2.05) is 41.3 Å². The van der Waals surface area contributed by atoms with Crippen LogP contribution in [0.2, 0.25) is 5.02 Å². The monoisotopic (exact) mass is 369 g/mol. The Morgan fingerprint density at radius 2 is 1.69 bits per heavy atom. The molecule has 5 heteroatoms. The second-order valence-electron chi connectivity index (χ2n) is 6.96. The Kier molecular flexibility index (Phi) is 5.14. The minimum Gasteiger partial charge on any atom is -0.338 e. The van der Waals surface area contributed by atoms with Crippen LogP contribution in [0.5, 0.6) is 0 Å². The van der Waals surface area contributed by atoms with E-state index in [-0.39, 0.29) is 5.91 Å². The summed E-state index contributed by atoms with van der Waals surface area (Å²) in [5.74, 6) is 0.218. The number of anilines is 3. The van der Waals surface area contributed by atoms with Crippen LogP contribution in [0.1, 0.15) is 19.3 Å². The fourth-order valence-electron chi connectivity index (χ4n) is 3.93. The molecule has 1 fully saturated rings. The van der Waals surface area contributed by atoms with E-state index in [1.54, 1.807) is 0 Å². The molecule has 0 unspecified atom stereocenters. The first-order valence-electron chi connectivity index (χ1n) is 9.37. The average Bonchev–Trinajstić information content (AvgIpc) is 3.19. The van der Waals surface area contributed by atoms with Crippen LogP contribution in [-0.2, 0) is 4.79 Å². The van der Waals surface area contributed by atoms with Gasteiger partial charge in [0.1, 0.15) is 0 Å². The molecule has 0 radical (unpaired) electrons. The first kappa shape index (κ1) is 17.4. The number of carbonyl (C=O) groups is 1. The molecule has 0 atom stereocenters. The molecule has 0 aliphatic carbocycles. The first-order chi connectivity index (χ1) is 12.7. The lowest BCUT2D eigenvalue weighted by Crippen LogP contribution is -2.43. The van der Waals surface area contributed by atoms with Crippen molar-refractivity contribution in [1.29, 1.82) is 0 Å². The Morgan fingerprint density at radius 1 is 0.923 bits per heavy atom. The third kappa shape index (κ3) is 3.57. The standard InChI is InChI=1S/C21H24ClN3O/c22-17-6-5-7-18(16-17)24-14-15-25(20-9-2-1-8-19(20)24)21(26)10-13-23-11-3-4-12-23/h1-2,5-9,16H,3-4,10-15H2. The Labute approximate surface area is 160 Å². The van der Waals surface area contributed by atoms with Gasteiger partial charge in [0.05, 0.1) is 11.4 Å². The fraction of sp³-hybridized carbons (Fsp3) is 0.381. The molecule has 1 amide bonds. The van der Waals surface area contributed by atoms with Crippen LogP contribution >= 0.6 is 11.6 Å². The molecular weight excluding hydrogens is 346 g/mol. The summed E-state index contributed by atoms with van der Waals surface area (Å²) in [4.78, 5) is 19.5. The molecular formula is C21H24ClN3O. The fourth-order valence-corrected chi connectivity index (χ4v) is 4.11. The predicted octanol–water partition coefficient (Wildman–Crippen LogP) is 4.31. The Morgan fingerprint density at radius 3 is 2.46 bits per heavy atom. The maximum atomic E-state index is 12.9. The number of nitrogens with zero attached hydrogens (tertiary/aromatic N) is 3. The van der Waals surface area contributed by atoms with Gasteiger partial charge in [-0.25, -0.2) is 0 Å². The summed E-state index contributed by atoms with van der Waals surface area (Å²) in [5.41, 5.74) is 3.12. The molecule has 2 heterocycles. The molecule has 0 spiro atoms. The molecule has 2 aromatic carbocycles. The van der Waals surface area contributed by atoms with E-state index < -0.39 is 0 Å². The summed E-state index contributed by atoms with van der Waals surface area (Å²) < 4.78 is 0. The zero-order valence-electron chi connectivity index (χ0n) is 14.9. The van der Waals surface area contributed by atoms with Crippen molar-refractivity contribution in [3.8, 4) is 0 Å². The number of rotatable bonds is 4. The van der Waals surface area contributed by atoms with Gasteiger partial charge in [-0.3, -0.25) is 4.79 Å². The summed E-state index contributed by atoms with van der Waals surface area (Å²) >= 11 is 6.18. The number of carbonyl (C=O) groups excluding carboxylic acids is 1. The summed E-state index contributed by atoms with van der Waals surface area (Å²) in [6, 6.07) is 16.0. The van der Waals surface area contributed by atoms with E-state index in [4.69, 9.17) is 11.6 Å². The lowest BCUT2D eigenvalue weighted by molar-refractivity contribution is -0.118. The molecule has 0 saturated carbocycles. The van der Waals surface area contributed by atoms with E-state index in [0.29, 0.717) is 13.0 Å². The van der Waals surface area contributed by atoms with Gasteiger partial charge in [-0.05, 0) is 56.3 Å². The smallest absolute Gasteiger partial charge is 0.228 e. The largest absolute Gasteiger partial charge is 0.338 e. The minimum atomic E-state index is 0.218. The number of likely N-dealkylation sites (tertiary alicyclic amines) is 1. The van der Waals surface area contributed by atoms with Gasteiger partial charge >= 0.3 is 0 Å². The lowest BCUT2D eigenvalue weighted by Gasteiger charge is -2.38. The molecule has 4 rings (SSSR count). The number of amides is 1. The number of fused-ring (bicyclic) bond motifs is 1. The lowest BCUT2D eigenvalue weighted by atomic mass is 10.1. The number of benzene rings is 2. The van der Waals surface area contributed by atoms with E-state index in [0.717, 1.165) is 48.3 Å². The summed E-state index contributed by atoms with van der Waals surface area (Å²) in [6.45, 7) is 4.60. The highest BCUT2D eigenvalue weighted by atomic mass is 35.5. The van der Waals surface area contributed by atoms with Crippen LogP contribution in [0, 0.1) is 0 Å². The molecule has 0 aromatic heterocycles. The average molecular weight is 370 g/mol. The SMILES string of the molecule is O=C(CCN1CCCC1)N1CCN(c2cccc(Cl)c2)c2ccccc21. The quantitative estimate of drug-likeness (QED) is 0.803. The second kappa shape index (κ2) is 7.68. The summed E-state index contributed by atoms with van der Waals surface area (Å²) in [5, 5.41) is 0.726. The third-order valence-corrected chi connectivity index (χ3v) is 5.51. The van der Waals surface area contributed by atoms with Crippen LogP contribution in [0.4, 0.5) is 17.1 Å². The summed E-state index contributed by atoms with van der Waals surface area (Å²) in [7, 11) is 0. The molecule has 2 aliphatic rings. The van der Waals surface area contributed by atoms with E-state index >= 15 is 0 Å². The molecule has 26 heavy (non-hydrogen) atoms. The van der Waals surface area contributed by atoms with Crippen molar-refractivity contribution in [2.75, 3.05) is 42.5 Å². The number of para-hydroxylation sites is 2. The highest BCUT2D eigenvalue weighted by molar-refractivity contribution is 6.30. The highest BCUT2D eigenvalue weighted by Crippen LogP contribution is 2.38. The first-order valence-corrected chi connectivity index (χ1v) is 9.75. The zero-order chi connectivity index (χ0) is 17.9. The van der Waals surface area contributed by atoms with Crippen LogP contribution < -0.4 is 9.80 Å². The number of hydrogen-bond acceptors (Lipinski definition) is 3. The van der Waals surface area contributed by atoms with Crippen LogP contribution in [0.3, 0.4) is 0 Å². The van der Waals surface area contributed by atoms with Gasteiger partial charge in [-0.2, -0.15) is 0 Å². The normalized spacial score (nSPS) is 17.4. The topological polar surface area (TPSA) is 26.8 Å². The Bertz CT molecular complexity index is 788. The molecule has 2 aromatic rings. The van der Waals surface area contributed by atoms with Crippen LogP contribution in [0.25, 0.3) is 0 Å². The van der Waals surface area contributed by atoms with Gasteiger partial charge < -0.3 is 14.7 Å². The van der Waals surface area contributed by atoms with Crippen molar-refractivity contribution in [1.82, 2.24) is 4.90 Å². The van der Waals surface area contributed by atoms with Gasteiger partial charge in [0, 0.05) is 36.8 Å². The van der Waals surface area contributed by atoms with E-state index in [2.05, 4.69) is 21.9 Å². The number of hydrogen-bond donors (Lipinski definition) is 0. The van der Waals surface area contributed by atoms with Crippen molar-refractivity contribution < 1.29 is 4.79 Å². The molecule has 2 aliphatic heterocycles. The zero-order valence-corrected chi connectivity index (χ0v) is 15.7.